The number of carboxylic acid groups (broad SMARTS) is 1. The standard InChI is InChI=1S/C13H14F2N2O3/c1-7-4-5-17(11(7)12(18)19)13(20)16-10-3-2-8(14)6-9(10)15/h2-3,6-7,11H,4-5H2,1H3,(H,16,20)(H,18,19). The molecular weight excluding hydrogens is 270 g/mol. The van der Waals surface area contributed by atoms with Crippen LogP contribution in [0.3, 0.4) is 0 Å². The molecule has 1 aromatic carbocycles. The summed E-state index contributed by atoms with van der Waals surface area (Å²) >= 11 is 0. The predicted molar refractivity (Wildman–Crippen MR) is 67.3 cm³/mol. The van der Waals surface area contributed by atoms with Crippen molar-refractivity contribution in [2.75, 3.05) is 11.9 Å². The van der Waals surface area contributed by atoms with E-state index in [2.05, 4.69) is 5.32 Å². The minimum atomic E-state index is -1.09. The highest BCUT2D eigenvalue weighted by Gasteiger charge is 2.39. The summed E-state index contributed by atoms with van der Waals surface area (Å²) in [4.78, 5) is 24.3. The van der Waals surface area contributed by atoms with Crippen LogP contribution in [0.2, 0.25) is 0 Å². The molecule has 0 spiro atoms. The molecule has 20 heavy (non-hydrogen) atoms. The van der Waals surface area contributed by atoms with Gasteiger partial charge in [-0.1, -0.05) is 6.92 Å². The normalized spacial score (nSPS) is 21.9. The van der Waals surface area contributed by atoms with Crippen LogP contribution in [0.15, 0.2) is 18.2 Å². The topological polar surface area (TPSA) is 69.6 Å². The number of hydrogen-bond acceptors (Lipinski definition) is 2. The van der Waals surface area contributed by atoms with Gasteiger partial charge in [-0.15, -0.1) is 0 Å². The summed E-state index contributed by atoms with van der Waals surface area (Å²) in [5.74, 6) is -2.92. The van der Waals surface area contributed by atoms with Crippen LogP contribution >= 0.6 is 0 Å². The maximum atomic E-state index is 13.4. The van der Waals surface area contributed by atoms with Crippen LogP contribution in [0.5, 0.6) is 0 Å². The first-order valence-corrected chi connectivity index (χ1v) is 6.15. The van der Waals surface area contributed by atoms with E-state index in [1.165, 1.54) is 0 Å². The molecule has 0 aromatic heterocycles. The first kappa shape index (κ1) is 14.2. The van der Waals surface area contributed by atoms with Crippen LogP contribution in [0.25, 0.3) is 0 Å². The van der Waals surface area contributed by atoms with Crippen LogP contribution in [-0.2, 0) is 4.79 Å². The largest absolute Gasteiger partial charge is 0.480 e. The third-order valence-electron chi connectivity index (χ3n) is 3.39. The van der Waals surface area contributed by atoms with Crippen molar-refractivity contribution < 1.29 is 23.5 Å². The summed E-state index contributed by atoms with van der Waals surface area (Å²) in [6.45, 7) is 2.03. The highest BCUT2D eigenvalue weighted by molar-refractivity contribution is 5.92. The Kier molecular flexibility index (Phi) is 3.87. The second-order valence-corrected chi connectivity index (χ2v) is 4.80. The summed E-state index contributed by atoms with van der Waals surface area (Å²) in [6.07, 6.45) is 0.566. The molecule has 1 aromatic rings. The molecule has 0 saturated carbocycles. The third kappa shape index (κ3) is 2.71. The molecule has 1 aliphatic rings. The minimum absolute atomic E-state index is 0.170. The molecule has 1 fully saturated rings. The Morgan fingerprint density at radius 1 is 1.40 bits per heavy atom. The van der Waals surface area contributed by atoms with E-state index in [4.69, 9.17) is 5.11 Å². The van der Waals surface area contributed by atoms with Gasteiger partial charge in [-0.3, -0.25) is 0 Å². The maximum absolute atomic E-state index is 13.4. The molecule has 2 N–H and O–H groups in total. The molecule has 1 saturated heterocycles. The van der Waals surface area contributed by atoms with Gasteiger partial charge >= 0.3 is 12.0 Å². The second-order valence-electron chi connectivity index (χ2n) is 4.80. The van der Waals surface area contributed by atoms with E-state index < -0.39 is 29.7 Å². The van der Waals surface area contributed by atoms with E-state index in [-0.39, 0.29) is 18.2 Å². The molecule has 0 aliphatic carbocycles. The fourth-order valence-corrected chi connectivity index (χ4v) is 2.33. The Morgan fingerprint density at radius 3 is 2.70 bits per heavy atom. The van der Waals surface area contributed by atoms with Crippen molar-refractivity contribution in [1.82, 2.24) is 4.90 Å². The van der Waals surface area contributed by atoms with Gasteiger partial charge in [0.05, 0.1) is 5.69 Å². The van der Waals surface area contributed by atoms with Crippen LogP contribution in [-0.4, -0.2) is 34.6 Å². The lowest BCUT2D eigenvalue weighted by Crippen LogP contribution is -2.44. The van der Waals surface area contributed by atoms with E-state index in [1.54, 1.807) is 6.92 Å². The monoisotopic (exact) mass is 284 g/mol. The molecule has 2 atom stereocenters. The van der Waals surface area contributed by atoms with Gasteiger partial charge in [0.2, 0.25) is 0 Å². The lowest BCUT2D eigenvalue weighted by Gasteiger charge is -2.23. The van der Waals surface area contributed by atoms with Gasteiger partial charge in [0.15, 0.2) is 0 Å². The second kappa shape index (κ2) is 5.44. The van der Waals surface area contributed by atoms with Crippen molar-refractivity contribution in [1.29, 1.82) is 0 Å². The minimum Gasteiger partial charge on any atom is -0.480 e. The lowest BCUT2D eigenvalue weighted by atomic mass is 10.0. The lowest BCUT2D eigenvalue weighted by molar-refractivity contribution is -0.142. The number of likely N-dealkylation sites (tertiary alicyclic amines) is 1. The number of carboxylic acids is 1. The molecule has 2 rings (SSSR count). The van der Waals surface area contributed by atoms with Crippen LogP contribution in [0, 0.1) is 17.6 Å². The number of carbonyl (C=O) groups is 2. The van der Waals surface area contributed by atoms with E-state index in [0.29, 0.717) is 12.5 Å². The fourth-order valence-electron chi connectivity index (χ4n) is 2.33. The fraction of sp³-hybridized carbons (Fsp3) is 0.385. The van der Waals surface area contributed by atoms with Gasteiger partial charge in [-0.05, 0) is 24.5 Å². The zero-order valence-corrected chi connectivity index (χ0v) is 10.8. The number of nitrogens with zero attached hydrogens (tertiary/aromatic N) is 1. The first-order valence-electron chi connectivity index (χ1n) is 6.15. The summed E-state index contributed by atoms with van der Waals surface area (Å²) in [5, 5.41) is 11.4. The number of aliphatic carboxylic acids is 1. The molecule has 2 unspecified atom stereocenters. The average molecular weight is 284 g/mol. The van der Waals surface area contributed by atoms with E-state index >= 15 is 0 Å². The number of urea groups is 1. The quantitative estimate of drug-likeness (QED) is 0.875. The number of nitrogens with one attached hydrogen (secondary N) is 1. The summed E-state index contributed by atoms with van der Waals surface area (Å²) in [7, 11) is 0. The average Bonchev–Trinajstić information content (AvgIpc) is 2.74. The Balaban J connectivity index is 2.14. The van der Waals surface area contributed by atoms with E-state index in [9.17, 15) is 18.4 Å². The molecule has 2 amide bonds. The number of rotatable bonds is 2. The number of carbonyl (C=O) groups excluding carboxylic acids is 1. The van der Waals surface area contributed by atoms with Crippen molar-refractivity contribution in [2.45, 2.75) is 19.4 Å². The summed E-state index contributed by atoms with van der Waals surface area (Å²) < 4.78 is 26.2. The Morgan fingerprint density at radius 2 is 2.10 bits per heavy atom. The first-order chi connectivity index (χ1) is 9.40. The Hall–Kier alpha value is -2.18. The van der Waals surface area contributed by atoms with Gasteiger partial charge in [0.1, 0.15) is 17.7 Å². The van der Waals surface area contributed by atoms with Gasteiger partial charge in [-0.25, -0.2) is 18.4 Å². The van der Waals surface area contributed by atoms with E-state index in [0.717, 1.165) is 17.0 Å². The van der Waals surface area contributed by atoms with Gasteiger partial charge in [-0.2, -0.15) is 0 Å². The van der Waals surface area contributed by atoms with Crippen molar-refractivity contribution in [3.63, 3.8) is 0 Å². The van der Waals surface area contributed by atoms with Gasteiger partial charge in [0, 0.05) is 12.6 Å². The smallest absolute Gasteiger partial charge is 0.326 e. The Labute approximate surface area is 114 Å². The third-order valence-corrected chi connectivity index (χ3v) is 3.39. The van der Waals surface area contributed by atoms with E-state index in [1.807, 2.05) is 0 Å². The zero-order chi connectivity index (χ0) is 14.9. The van der Waals surface area contributed by atoms with Crippen molar-refractivity contribution >= 4 is 17.7 Å². The highest BCUT2D eigenvalue weighted by Crippen LogP contribution is 2.25. The Bertz CT molecular complexity index is 550. The molecular formula is C13H14F2N2O3. The molecule has 108 valence electrons. The molecule has 1 heterocycles. The van der Waals surface area contributed by atoms with Gasteiger partial charge in [0.25, 0.3) is 0 Å². The van der Waals surface area contributed by atoms with Crippen molar-refractivity contribution in [3.8, 4) is 0 Å². The molecule has 1 aliphatic heterocycles. The van der Waals surface area contributed by atoms with Crippen LogP contribution in [0.4, 0.5) is 19.3 Å². The maximum Gasteiger partial charge on any atom is 0.326 e. The van der Waals surface area contributed by atoms with Gasteiger partial charge < -0.3 is 15.3 Å². The summed E-state index contributed by atoms with van der Waals surface area (Å²) in [5.41, 5.74) is -0.180. The number of halogens is 2. The van der Waals surface area contributed by atoms with Crippen molar-refractivity contribution in [2.24, 2.45) is 5.92 Å². The number of benzene rings is 1. The zero-order valence-electron chi connectivity index (χ0n) is 10.8. The molecule has 5 nitrogen and oxygen atoms in total. The molecule has 7 heteroatoms. The summed E-state index contributed by atoms with van der Waals surface area (Å²) in [6, 6.07) is 1.13. The van der Waals surface area contributed by atoms with Crippen LogP contribution < -0.4 is 5.32 Å². The predicted octanol–water partition coefficient (Wildman–Crippen LogP) is 2.29. The highest BCUT2D eigenvalue weighted by atomic mass is 19.1. The van der Waals surface area contributed by atoms with Crippen LogP contribution in [0.1, 0.15) is 13.3 Å². The SMILES string of the molecule is CC1CCN(C(=O)Nc2ccc(F)cc2F)C1C(=O)O. The number of hydrogen-bond donors (Lipinski definition) is 2. The van der Waals surface area contributed by atoms with Crippen molar-refractivity contribution in [3.05, 3.63) is 29.8 Å². The number of amides is 2. The molecule has 0 radical (unpaired) electrons. The molecule has 0 bridgehead atoms. The number of anilines is 1.